The van der Waals surface area contributed by atoms with E-state index in [2.05, 4.69) is 21.2 Å². The smallest absolute Gasteiger partial charge is 0.229 e. The molecule has 1 aromatic heterocycles. The zero-order valence-corrected chi connectivity index (χ0v) is 12.5. The molecule has 0 bridgehead atoms. The first-order chi connectivity index (χ1) is 10.1. The first kappa shape index (κ1) is 13.8. The molecule has 0 aliphatic rings. The van der Waals surface area contributed by atoms with Gasteiger partial charge in [0.05, 0.1) is 18.4 Å². The Morgan fingerprint density at radius 1 is 1.24 bits per heavy atom. The molecule has 1 amide bonds. The number of carbonyl (C=O) groups is 1. The van der Waals surface area contributed by atoms with Gasteiger partial charge in [-0.25, -0.2) is 4.39 Å². The Balaban J connectivity index is 1.80. The van der Waals surface area contributed by atoms with Crippen molar-refractivity contribution in [3.63, 3.8) is 0 Å². The number of para-hydroxylation sites is 1. The molecule has 0 spiro atoms. The maximum atomic E-state index is 13.5. The standard InChI is InChI=1S/C16H11BrFNO2/c17-11-5-6-15-12(8-11)10(9-21-15)7-16(20)19-14-4-2-1-3-13(14)18/h1-6,8-9H,7H2,(H,19,20). The Morgan fingerprint density at radius 2 is 2.05 bits per heavy atom. The van der Waals surface area contributed by atoms with E-state index in [1.54, 1.807) is 18.4 Å². The second-order valence-electron chi connectivity index (χ2n) is 4.61. The van der Waals surface area contributed by atoms with Gasteiger partial charge in [0.2, 0.25) is 5.91 Å². The molecule has 0 atom stereocenters. The van der Waals surface area contributed by atoms with Crippen molar-refractivity contribution in [1.29, 1.82) is 0 Å². The van der Waals surface area contributed by atoms with Gasteiger partial charge in [-0.05, 0) is 30.3 Å². The molecule has 5 heteroatoms. The molecule has 3 aromatic rings. The van der Waals surface area contributed by atoms with E-state index in [-0.39, 0.29) is 18.0 Å². The minimum absolute atomic E-state index is 0.123. The van der Waals surface area contributed by atoms with E-state index in [0.717, 1.165) is 15.4 Å². The monoisotopic (exact) mass is 347 g/mol. The molecule has 0 aliphatic heterocycles. The number of anilines is 1. The van der Waals surface area contributed by atoms with Gasteiger partial charge in [-0.3, -0.25) is 4.79 Å². The summed E-state index contributed by atoms with van der Waals surface area (Å²) >= 11 is 3.39. The van der Waals surface area contributed by atoms with E-state index in [4.69, 9.17) is 4.42 Å². The Bertz CT molecular complexity index is 813. The molecule has 0 unspecified atom stereocenters. The highest BCUT2D eigenvalue weighted by atomic mass is 79.9. The molecular weight excluding hydrogens is 337 g/mol. The molecule has 1 N–H and O–H groups in total. The van der Waals surface area contributed by atoms with Crippen molar-refractivity contribution in [2.45, 2.75) is 6.42 Å². The molecular formula is C16H11BrFNO2. The molecule has 3 rings (SSSR count). The van der Waals surface area contributed by atoms with E-state index in [1.807, 2.05) is 18.2 Å². The van der Waals surface area contributed by atoms with E-state index >= 15 is 0 Å². The van der Waals surface area contributed by atoms with Gasteiger partial charge in [0.1, 0.15) is 11.4 Å². The number of amides is 1. The third-order valence-electron chi connectivity index (χ3n) is 3.11. The third-order valence-corrected chi connectivity index (χ3v) is 3.61. The minimum Gasteiger partial charge on any atom is -0.464 e. The fourth-order valence-corrected chi connectivity index (χ4v) is 2.48. The van der Waals surface area contributed by atoms with Gasteiger partial charge in [0, 0.05) is 15.4 Å². The fraction of sp³-hybridized carbons (Fsp3) is 0.0625. The van der Waals surface area contributed by atoms with Crippen LogP contribution in [-0.4, -0.2) is 5.91 Å². The molecule has 0 radical (unpaired) electrons. The first-order valence-electron chi connectivity index (χ1n) is 6.33. The topological polar surface area (TPSA) is 42.2 Å². The lowest BCUT2D eigenvalue weighted by atomic mass is 10.1. The van der Waals surface area contributed by atoms with Crippen LogP contribution in [0.25, 0.3) is 11.0 Å². The number of hydrogen-bond donors (Lipinski definition) is 1. The number of halogens is 2. The van der Waals surface area contributed by atoms with E-state index in [9.17, 15) is 9.18 Å². The van der Waals surface area contributed by atoms with Crippen LogP contribution < -0.4 is 5.32 Å². The van der Waals surface area contributed by atoms with Crippen LogP contribution in [0.3, 0.4) is 0 Å². The van der Waals surface area contributed by atoms with Crippen molar-refractivity contribution in [3.8, 4) is 0 Å². The highest BCUT2D eigenvalue weighted by Gasteiger charge is 2.12. The number of carbonyl (C=O) groups excluding carboxylic acids is 1. The highest BCUT2D eigenvalue weighted by Crippen LogP contribution is 2.25. The summed E-state index contributed by atoms with van der Waals surface area (Å²) < 4.78 is 19.8. The summed E-state index contributed by atoms with van der Waals surface area (Å²) in [5.74, 6) is -0.742. The van der Waals surface area contributed by atoms with E-state index in [0.29, 0.717) is 5.58 Å². The summed E-state index contributed by atoms with van der Waals surface area (Å²) in [7, 11) is 0. The lowest BCUT2D eigenvalue weighted by Crippen LogP contribution is -2.15. The second-order valence-corrected chi connectivity index (χ2v) is 5.52. The van der Waals surface area contributed by atoms with Crippen molar-refractivity contribution >= 4 is 38.5 Å². The van der Waals surface area contributed by atoms with E-state index in [1.165, 1.54) is 12.1 Å². The fourth-order valence-electron chi connectivity index (χ4n) is 2.12. The Labute approximate surface area is 128 Å². The lowest BCUT2D eigenvalue weighted by molar-refractivity contribution is -0.115. The Kier molecular flexibility index (Phi) is 3.75. The molecule has 21 heavy (non-hydrogen) atoms. The number of hydrogen-bond acceptors (Lipinski definition) is 2. The molecule has 106 valence electrons. The summed E-state index contributed by atoms with van der Waals surface area (Å²) in [6, 6.07) is 11.7. The molecule has 2 aromatic carbocycles. The molecule has 1 heterocycles. The molecule has 0 fully saturated rings. The molecule has 0 aliphatic carbocycles. The van der Waals surface area contributed by atoms with Crippen LogP contribution in [0.1, 0.15) is 5.56 Å². The van der Waals surface area contributed by atoms with Gasteiger partial charge < -0.3 is 9.73 Å². The van der Waals surface area contributed by atoms with Crippen LogP contribution in [0.5, 0.6) is 0 Å². The summed E-state index contributed by atoms with van der Waals surface area (Å²) in [4.78, 5) is 12.0. The summed E-state index contributed by atoms with van der Waals surface area (Å²) in [5, 5.41) is 3.43. The van der Waals surface area contributed by atoms with Crippen LogP contribution in [0.2, 0.25) is 0 Å². The summed E-state index contributed by atoms with van der Waals surface area (Å²) in [6.45, 7) is 0. The average Bonchev–Trinajstić information content (AvgIpc) is 2.84. The van der Waals surface area contributed by atoms with Crippen LogP contribution in [0.15, 0.2) is 57.6 Å². The average molecular weight is 348 g/mol. The third kappa shape index (κ3) is 2.97. The molecule has 0 saturated carbocycles. The van der Waals surface area contributed by atoms with Gasteiger partial charge in [-0.1, -0.05) is 28.1 Å². The van der Waals surface area contributed by atoms with Crippen LogP contribution >= 0.6 is 15.9 Å². The highest BCUT2D eigenvalue weighted by molar-refractivity contribution is 9.10. The maximum absolute atomic E-state index is 13.5. The van der Waals surface area contributed by atoms with Gasteiger partial charge >= 0.3 is 0 Å². The van der Waals surface area contributed by atoms with Crippen LogP contribution in [0.4, 0.5) is 10.1 Å². The number of benzene rings is 2. The summed E-state index contributed by atoms with van der Waals surface area (Å²) in [5.41, 5.74) is 1.66. The Hall–Kier alpha value is -2.14. The van der Waals surface area contributed by atoms with E-state index < -0.39 is 5.82 Å². The van der Waals surface area contributed by atoms with Gasteiger partial charge in [0.15, 0.2) is 0 Å². The first-order valence-corrected chi connectivity index (χ1v) is 7.13. The zero-order chi connectivity index (χ0) is 14.8. The van der Waals surface area contributed by atoms with Gasteiger partial charge in [0.25, 0.3) is 0 Å². The zero-order valence-electron chi connectivity index (χ0n) is 10.9. The number of rotatable bonds is 3. The van der Waals surface area contributed by atoms with Crippen molar-refractivity contribution in [3.05, 3.63) is 64.6 Å². The predicted octanol–water partition coefficient (Wildman–Crippen LogP) is 4.52. The van der Waals surface area contributed by atoms with Crippen molar-refractivity contribution in [1.82, 2.24) is 0 Å². The second kappa shape index (κ2) is 5.69. The number of nitrogens with one attached hydrogen (secondary N) is 1. The minimum atomic E-state index is -0.453. The van der Waals surface area contributed by atoms with Crippen molar-refractivity contribution < 1.29 is 13.6 Å². The Morgan fingerprint density at radius 3 is 2.86 bits per heavy atom. The van der Waals surface area contributed by atoms with Gasteiger partial charge in [-0.2, -0.15) is 0 Å². The van der Waals surface area contributed by atoms with Gasteiger partial charge in [-0.15, -0.1) is 0 Å². The van der Waals surface area contributed by atoms with Crippen molar-refractivity contribution in [2.24, 2.45) is 0 Å². The molecule has 3 nitrogen and oxygen atoms in total. The maximum Gasteiger partial charge on any atom is 0.229 e. The van der Waals surface area contributed by atoms with Crippen LogP contribution in [-0.2, 0) is 11.2 Å². The predicted molar refractivity (Wildman–Crippen MR) is 82.6 cm³/mol. The lowest BCUT2D eigenvalue weighted by Gasteiger charge is -2.05. The number of furan rings is 1. The summed E-state index contributed by atoms with van der Waals surface area (Å²) in [6.07, 6.45) is 1.68. The number of fused-ring (bicyclic) bond motifs is 1. The van der Waals surface area contributed by atoms with Crippen LogP contribution in [0, 0.1) is 5.82 Å². The molecule has 0 saturated heterocycles. The quantitative estimate of drug-likeness (QED) is 0.756. The largest absolute Gasteiger partial charge is 0.464 e. The van der Waals surface area contributed by atoms with Crippen molar-refractivity contribution in [2.75, 3.05) is 5.32 Å². The SMILES string of the molecule is O=C(Cc1coc2ccc(Br)cc12)Nc1ccccc1F. The normalized spacial score (nSPS) is 10.8.